The van der Waals surface area contributed by atoms with Crippen LogP contribution < -0.4 is 11.3 Å². The number of hydrogen-bond acceptors (Lipinski definition) is 3. The van der Waals surface area contributed by atoms with Gasteiger partial charge in [0.05, 0.1) is 0 Å². The molecule has 0 spiro atoms. The van der Waals surface area contributed by atoms with E-state index in [-0.39, 0.29) is 28.5 Å². The van der Waals surface area contributed by atoms with E-state index >= 15 is 0 Å². The van der Waals surface area contributed by atoms with E-state index in [1.807, 2.05) is 0 Å². The maximum Gasteiger partial charge on any atom is 1.00 e. The number of carboxylic acid groups (broad SMARTS) is 1. The topological polar surface area (TPSA) is 75.1 Å². The number of hydrogen-bond donors (Lipinski definition) is 1. The quantitative estimate of drug-likeness (QED) is 0.486. The van der Waals surface area contributed by atoms with Crippen LogP contribution in [0.1, 0.15) is 6.92 Å². The van der Waals surface area contributed by atoms with Crippen molar-refractivity contribution in [1.29, 1.82) is 0 Å². The van der Waals surface area contributed by atoms with Crippen molar-refractivity contribution in [2.24, 2.45) is 0 Å². The van der Waals surface area contributed by atoms with Crippen LogP contribution in [0.5, 0.6) is 0 Å². The normalized spacial score (nSPS) is 4.17. The molecule has 0 aromatic carbocycles. The van der Waals surface area contributed by atoms with Crippen molar-refractivity contribution in [1.82, 2.24) is 6.15 Å². The Morgan fingerprint density at radius 2 is 1.67 bits per heavy atom. The summed E-state index contributed by atoms with van der Waals surface area (Å²) in [5, 5.41) is 8.89. The van der Waals surface area contributed by atoms with Crippen LogP contribution in [-0.4, -0.2) is 5.97 Å². The smallest absolute Gasteiger partial charge is 0.550 e. The maximum absolute atomic E-state index is 8.89. The van der Waals surface area contributed by atoms with Gasteiger partial charge in [0.2, 0.25) is 0 Å². The molecule has 0 aromatic heterocycles. The van der Waals surface area contributed by atoms with Gasteiger partial charge in [0, 0.05) is 5.97 Å². The minimum Gasteiger partial charge on any atom is -0.550 e. The van der Waals surface area contributed by atoms with Crippen molar-refractivity contribution in [2.75, 3.05) is 0 Å². The first-order chi connectivity index (χ1) is 1.73. The summed E-state index contributed by atoms with van der Waals surface area (Å²) in [6.45, 7) is 0.972. The zero-order chi connectivity index (χ0) is 3.58. The van der Waals surface area contributed by atoms with E-state index in [4.69, 9.17) is 9.90 Å². The van der Waals surface area contributed by atoms with Gasteiger partial charge in [0.1, 0.15) is 0 Å². The van der Waals surface area contributed by atoms with Gasteiger partial charge in [-0.3, -0.25) is 0 Å². The number of carboxylic acids is 1. The number of rotatable bonds is 0. The second kappa shape index (κ2) is 8.95. The number of aliphatic carboxylic acids is 1. The molecular weight excluding hydrogens is 178 g/mol. The van der Waals surface area contributed by atoms with Gasteiger partial charge in [-0.2, -0.15) is 0 Å². The Kier molecular flexibility index (Phi) is 24.5. The van der Waals surface area contributed by atoms with E-state index in [1.54, 1.807) is 0 Å². The minimum atomic E-state index is -1.08. The van der Waals surface area contributed by atoms with E-state index in [0.29, 0.717) is 0 Å². The summed E-state index contributed by atoms with van der Waals surface area (Å²) < 4.78 is 0. The molecule has 0 saturated carbocycles. The van der Waals surface area contributed by atoms with E-state index in [2.05, 4.69) is 0 Å². The fourth-order valence-electron chi connectivity index (χ4n) is 0. The molecule has 0 radical (unpaired) electrons. The predicted octanol–water partition coefficient (Wildman–Crippen LogP) is -1.08. The third-order valence-electron chi connectivity index (χ3n) is 0. The maximum atomic E-state index is 8.89. The molecule has 0 aliphatic rings. The molecule has 0 saturated heterocycles. The monoisotopic (exact) mass is 183 g/mol. The van der Waals surface area contributed by atoms with Crippen molar-refractivity contribution in [3.05, 3.63) is 0 Å². The molecule has 3 nitrogen and oxygen atoms in total. The molecule has 3 N–H and O–H groups in total. The molecule has 0 bridgehead atoms. The van der Waals surface area contributed by atoms with Crippen molar-refractivity contribution >= 4 is 5.97 Å². The number of carbonyl (C=O) groups is 1. The molecule has 0 atom stereocenters. The van der Waals surface area contributed by atoms with Crippen LogP contribution in [0, 0.1) is 0 Å². The third-order valence-corrected chi connectivity index (χ3v) is 0. The second-order valence-electron chi connectivity index (χ2n) is 0.492. The van der Waals surface area contributed by atoms with Crippen LogP contribution >= 0.6 is 0 Å². The van der Waals surface area contributed by atoms with Gasteiger partial charge in [0.15, 0.2) is 0 Å². The van der Waals surface area contributed by atoms with Gasteiger partial charge >= 0.3 is 22.4 Å². The zero-order valence-electron chi connectivity index (χ0n) is 3.33. The van der Waals surface area contributed by atoms with E-state index < -0.39 is 5.97 Å². The second-order valence-corrected chi connectivity index (χ2v) is 0.492. The Labute approximate surface area is 51.8 Å². The molecule has 0 amide bonds. The Hall–Kier alpha value is 0.170. The summed E-state index contributed by atoms with van der Waals surface area (Å²) in [6.07, 6.45) is 0. The molecule has 0 heterocycles. The van der Waals surface area contributed by atoms with Crippen molar-refractivity contribution in [2.45, 2.75) is 6.92 Å². The van der Waals surface area contributed by atoms with Crippen LogP contribution in [0.15, 0.2) is 0 Å². The Balaban J connectivity index is -0.0000000450. The SMILES string of the molecule is CC(=O)[O-].N.[Ag+]. The van der Waals surface area contributed by atoms with Gasteiger partial charge < -0.3 is 16.1 Å². The van der Waals surface area contributed by atoms with Crippen LogP contribution in [0.2, 0.25) is 0 Å². The first kappa shape index (κ1) is 16.4. The molecule has 0 rings (SSSR count). The summed E-state index contributed by atoms with van der Waals surface area (Å²) >= 11 is 0. The van der Waals surface area contributed by atoms with Crippen molar-refractivity contribution < 1.29 is 32.3 Å². The molecule has 6 heavy (non-hydrogen) atoms. The Morgan fingerprint density at radius 1 is 1.67 bits per heavy atom. The van der Waals surface area contributed by atoms with Gasteiger partial charge in [-0.1, -0.05) is 0 Å². The van der Waals surface area contributed by atoms with Crippen LogP contribution in [0.25, 0.3) is 0 Å². The van der Waals surface area contributed by atoms with E-state index in [1.165, 1.54) is 0 Å². The molecule has 0 fully saturated rings. The zero-order valence-corrected chi connectivity index (χ0v) is 4.81. The van der Waals surface area contributed by atoms with Gasteiger partial charge in [-0.25, -0.2) is 0 Å². The average Bonchev–Trinajstić information content (AvgIpc) is 0.811. The van der Waals surface area contributed by atoms with Gasteiger partial charge in [0.25, 0.3) is 0 Å². The standard InChI is InChI=1S/C2H4O2.Ag.H3N/c1-2(3)4;;/h1H3,(H,3,4);;1H3/q;+1;/p-1. The minimum absolute atomic E-state index is 0. The predicted molar refractivity (Wildman–Crippen MR) is 15.7 cm³/mol. The first-order valence-corrected chi connectivity index (χ1v) is 0.908. The average molecular weight is 184 g/mol. The summed E-state index contributed by atoms with van der Waals surface area (Å²) in [5.41, 5.74) is 0. The molecule has 42 valence electrons. The van der Waals surface area contributed by atoms with Gasteiger partial charge in [-0.15, -0.1) is 0 Å². The molecule has 0 aliphatic carbocycles. The van der Waals surface area contributed by atoms with Crippen LogP contribution in [-0.2, 0) is 27.2 Å². The summed E-state index contributed by atoms with van der Waals surface area (Å²) in [4.78, 5) is 8.89. The largest absolute Gasteiger partial charge is 1.00 e. The Morgan fingerprint density at radius 3 is 1.67 bits per heavy atom. The molecule has 0 unspecified atom stereocenters. The summed E-state index contributed by atoms with van der Waals surface area (Å²) in [5.74, 6) is -1.08. The molecular formula is C2H6AgNO2. The fraction of sp³-hybridized carbons (Fsp3) is 0.500. The van der Waals surface area contributed by atoms with Gasteiger partial charge in [-0.05, 0) is 6.92 Å². The first-order valence-electron chi connectivity index (χ1n) is 0.908. The number of carbonyl (C=O) groups excluding carboxylic acids is 1. The molecule has 0 aliphatic heterocycles. The van der Waals surface area contributed by atoms with Crippen LogP contribution in [0.4, 0.5) is 0 Å². The molecule has 4 heteroatoms. The van der Waals surface area contributed by atoms with Crippen molar-refractivity contribution in [3.63, 3.8) is 0 Å². The van der Waals surface area contributed by atoms with Crippen molar-refractivity contribution in [3.8, 4) is 0 Å². The summed E-state index contributed by atoms with van der Waals surface area (Å²) in [7, 11) is 0. The summed E-state index contributed by atoms with van der Waals surface area (Å²) in [6, 6.07) is 0. The van der Waals surface area contributed by atoms with Crippen LogP contribution in [0.3, 0.4) is 0 Å². The third kappa shape index (κ3) is 1450. The molecule has 0 aromatic rings. The Bertz CT molecular complexity index is 34.5. The fourth-order valence-corrected chi connectivity index (χ4v) is 0. The van der Waals surface area contributed by atoms with E-state index in [9.17, 15) is 0 Å². The van der Waals surface area contributed by atoms with E-state index in [0.717, 1.165) is 6.92 Å².